The van der Waals surface area contributed by atoms with Crippen molar-refractivity contribution >= 4 is 29.8 Å². The van der Waals surface area contributed by atoms with Crippen LogP contribution in [0.2, 0.25) is 5.02 Å². The van der Waals surface area contributed by atoms with Gasteiger partial charge in [-0.05, 0) is 24.6 Å². The standard InChI is InChI=1S/C12H14ClNO.ClH/c1-12(8-11(15)5-6-14-12)9-3-2-4-10(13)7-9;/h2-4,7,14H,5-6,8H2,1H3;1H. The van der Waals surface area contributed by atoms with Gasteiger partial charge in [0.15, 0.2) is 0 Å². The molecule has 0 aliphatic carbocycles. The van der Waals surface area contributed by atoms with Crippen LogP contribution in [0.25, 0.3) is 0 Å². The van der Waals surface area contributed by atoms with Crippen LogP contribution in [-0.2, 0) is 10.3 Å². The Bertz CT molecular complexity index is 394. The van der Waals surface area contributed by atoms with Crippen molar-refractivity contribution in [1.29, 1.82) is 0 Å². The molecular weight excluding hydrogens is 245 g/mol. The van der Waals surface area contributed by atoms with Crippen LogP contribution in [0, 0.1) is 0 Å². The number of carbonyl (C=O) groups excluding carboxylic acids is 1. The fourth-order valence-corrected chi connectivity index (χ4v) is 2.25. The normalized spacial score (nSPS) is 25.0. The van der Waals surface area contributed by atoms with Crippen molar-refractivity contribution < 1.29 is 4.79 Å². The molecule has 1 aromatic carbocycles. The molecule has 16 heavy (non-hydrogen) atoms. The van der Waals surface area contributed by atoms with Crippen molar-refractivity contribution in [3.8, 4) is 0 Å². The molecule has 2 nitrogen and oxygen atoms in total. The molecule has 1 unspecified atom stereocenters. The Kier molecular flexibility index (Phi) is 4.36. The second kappa shape index (κ2) is 5.17. The smallest absolute Gasteiger partial charge is 0.136 e. The van der Waals surface area contributed by atoms with E-state index in [1.54, 1.807) is 0 Å². The SMILES string of the molecule is CC1(c2cccc(Cl)c2)CC(=O)CCN1.Cl. The van der Waals surface area contributed by atoms with Crippen molar-refractivity contribution in [2.24, 2.45) is 0 Å². The van der Waals surface area contributed by atoms with E-state index in [0.29, 0.717) is 23.6 Å². The summed E-state index contributed by atoms with van der Waals surface area (Å²) < 4.78 is 0. The Balaban J connectivity index is 0.00000128. The van der Waals surface area contributed by atoms with Gasteiger partial charge in [-0.3, -0.25) is 4.79 Å². The Morgan fingerprint density at radius 1 is 1.44 bits per heavy atom. The first-order valence-electron chi connectivity index (χ1n) is 5.13. The van der Waals surface area contributed by atoms with Gasteiger partial charge in [-0.2, -0.15) is 0 Å². The summed E-state index contributed by atoms with van der Waals surface area (Å²) in [5, 5.41) is 4.11. The van der Waals surface area contributed by atoms with E-state index in [-0.39, 0.29) is 17.9 Å². The van der Waals surface area contributed by atoms with Gasteiger partial charge in [-0.15, -0.1) is 12.4 Å². The first-order chi connectivity index (χ1) is 7.10. The highest BCUT2D eigenvalue weighted by molar-refractivity contribution is 6.30. The molecule has 1 saturated heterocycles. The second-order valence-electron chi connectivity index (χ2n) is 4.23. The lowest BCUT2D eigenvalue weighted by Gasteiger charge is -2.34. The average Bonchev–Trinajstić information content (AvgIpc) is 2.17. The molecule has 0 bridgehead atoms. The van der Waals surface area contributed by atoms with Gasteiger partial charge in [0.2, 0.25) is 0 Å². The number of rotatable bonds is 1. The Morgan fingerprint density at radius 2 is 2.19 bits per heavy atom. The highest BCUT2D eigenvalue weighted by Gasteiger charge is 2.32. The van der Waals surface area contributed by atoms with Crippen molar-refractivity contribution in [3.63, 3.8) is 0 Å². The number of nitrogens with one attached hydrogen (secondary N) is 1. The van der Waals surface area contributed by atoms with Gasteiger partial charge >= 0.3 is 0 Å². The summed E-state index contributed by atoms with van der Waals surface area (Å²) in [4.78, 5) is 11.5. The van der Waals surface area contributed by atoms with Gasteiger partial charge in [-0.25, -0.2) is 0 Å². The Hall–Kier alpha value is -0.570. The molecule has 88 valence electrons. The van der Waals surface area contributed by atoms with Crippen LogP contribution in [0.15, 0.2) is 24.3 Å². The number of benzene rings is 1. The highest BCUT2D eigenvalue weighted by Crippen LogP contribution is 2.29. The van der Waals surface area contributed by atoms with Crippen LogP contribution in [0.1, 0.15) is 25.3 Å². The summed E-state index contributed by atoms with van der Waals surface area (Å²) in [6.45, 7) is 2.80. The van der Waals surface area contributed by atoms with E-state index in [4.69, 9.17) is 11.6 Å². The van der Waals surface area contributed by atoms with Crippen LogP contribution in [-0.4, -0.2) is 12.3 Å². The van der Waals surface area contributed by atoms with Crippen LogP contribution in [0.3, 0.4) is 0 Å². The molecule has 0 spiro atoms. The van der Waals surface area contributed by atoms with E-state index in [1.165, 1.54) is 0 Å². The molecule has 1 heterocycles. The number of Topliss-reactive ketones (excluding diaryl/α,β-unsaturated/α-hetero) is 1. The number of hydrogen-bond donors (Lipinski definition) is 1. The van der Waals surface area contributed by atoms with Gasteiger partial charge < -0.3 is 5.32 Å². The molecule has 1 aliphatic heterocycles. The summed E-state index contributed by atoms with van der Waals surface area (Å²) in [6, 6.07) is 7.70. The zero-order valence-corrected chi connectivity index (χ0v) is 10.7. The molecule has 0 saturated carbocycles. The minimum absolute atomic E-state index is 0. The average molecular weight is 260 g/mol. The molecule has 1 N–H and O–H groups in total. The Morgan fingerprint density at radius 3 is 2.81 bits per heavy atom. The van der Waals surface area contributed by atoms with Crippen LogP contribution in [0.5, 0.6) is 0 Å². The largest absolute Gasteiger partial charge is 0.307 e. The summed E-state index contributed by atoms with van der Waals surface area (Å²) >= 11 is 5.95. The van der Waals surface area contributed by atoms with Crippen LogP contribution >= 0.6 is 24.0 Å². The van der Waals surface area contributed by atoms with Crippen molar-refractivity contribution in [3.05, 3.63) is 34.9 Å². The second-order valence-corrected chi connectivity index (χ2v) is 4.67. The lowest BCUT2D eigenvalue weighted by Crippen LogP contribution is -2.46. The molecule has 1 atom stereocenters. The van der Waals surface area contributed by atoms with E-state index in [2.05, 4.69) is 12.2 Å². The quantitative estimate of drug-likeness (QED) is 0.841. The maximum absolute atomic E-state index is 11.5. The molecular formula is C12H15Cl2NO. The van der Waals surface area contributed by atoms with E-state index in [0.717, 1.165) is 12.1 Å². The van der Waals surface area contributed by atoms with Gasteiger partial charge in [0.1, 0.15) is 5.78 Å². The van der Waals surface area contributed by atoms with Crippen molar-refractivity contribution in [2.75, 3.05) is 6.54 Å². The topological polar surface area (TPSA) is 29.1 Å². The maximum Gasteiger partial charge on any atom is 0.136 e. The third-order valence-electron chi connectivity index (χ3n) is 2.93. The fourth-order valence-electron chi connectivity index (χ4n) is 2.06. The third-order valence-corrected chi connectivity index (χ3v) is 3.17. The van der Waals surface area contributed by atoms with Crippen molar-refractivity contribution in [1.82, 2.24) is 5.32 Å². The number of hydrogen-bond acceptors (Lipinski definition) is 2. The van der Waals surface area contributed by atoms with Gasteiger partial charge in [0, 0.05) is 29.9 Å². The number of piperidine rings is 1. The van der Waals surface area contributed by atoms with Gasteiger partial charge in [0.05, 0.1) is 0 Å². The predicted octanol–water partition coefficient (Wildman–Crippen LogP) is 2.93. The number of carbonyl (C=O) groups is 1. The molecule has 1 aliphatic rings. The third kappa shape index (κ3) is 2.76. The van der Waals surface area contributed by atoms with E-state index >= 15 is 0 Å². The molecule has 0 radical (unpaired) electrons. The summed E-state index contributed by atoms with van der Waals surface area (Å²) in [7, 11) is 0. The molecule has 1 fully saturated rings. The molecule has 2 rings (SSSR count). The zero-order valence-electron chi connectivity index (χ0n) is 9.13. The predicted molar refractivity (Wildman–Crippen MR) is 68.3 cm³/mol. The first kappa shape index (κ1) is 13.5. The minimum atomic E-state index is -0.250. The van der Waals surface area contributed by atoms with E-state index < -0.39 is 0 Å². The summed E-state index contributed by atoms with van der Waals surface area (Å²) in [5.74, 6) is 0.316. The monoisotopic (exact) mass is 259 g/mol. The maximum atomic E-state index is 11.5. The lowest BCUT2D eigenvalue weighted by molar-refractivity contribution is -0.122. The number of ketones is 1. The fraction of sp³-hybridized carbons (Fsp3) is 0.417. The lowest BCUT2D eigenvalue weighted by atomic mass is 9.83. The Labute approximate surface area is 107 Å². The minimum Gasteiger partial charge on any atom is -0.307 e. The van der Waals surface area contributed by atoms with Gasteiger partial charge in [0.25, 0.3) is 0 Å². The van der Waals surface area contributed by atoms with Crippen LogP contribution < -0.4 is 5.32 Å². The number of halogens is 2. The molecule has 0 amide bonds. The van der Waals surface area contributed by atoms with Crippen molar-refractivity contribution in [2.45, 2.75) is 25.3 Å². The van der Waals surface area contributed by atoms with Crippen LogP contribution in [0.4, 0.5) is 0 Å². The van der Waals surface area contributed by atoms with E-state index in [1.807, 2.05) is 24.3 Å². The summed E-state index contributed by atoms with van der Waals surface area (Å²) in [6.07, 6.45) is 1.18. The van der Waals surface area contributed by atoms with E-state index in [9.17, 15) is 4.79 Å². The summed E-state index contributed by atoms with van der Waals surface area (Å²) in [5.41, 5.74) is 0.836. The van der Waals surface area contributed by atoms with Gasteiger partial charge in [-0.1, -0.05) is 23.7 Å². The first-order valence-corrected chi connectivity index (χ1v) is 5.51. The molecule has 0 aromatic heterocycles. The molecule has 4 heteroatoms. The highest BCUT2D eigenvalue weighted by atomic mass is 35.5. The molecule has 1 aromatic rings. The zero-order chi connectivity index (χ0) is 10.9.